The minimum absolute atomic E-state index is 0.517. The fourth-order valence-electron chi connectivity index (χ4n) is 1.65. The summed E-state index contributed by atoms with van der Waals surface area (Å²) >= 11 is 6.01. The highest BCUT2D eigenvalue weighted by Gasteiger charge is 2.26. The highest BCUT2D eigenvalue weighted by Crippen LogP contribution is 2.40. The van der Waals surface area contributed by atoms with Crippen LogP contribution in [0.5, 0.6) is 0 Å². The van der Waals surface area contributed by atoms with Gasteiger partial charge in [-0.05, 0) is 31.0 Å². The van der Waals surface area contributed by atoms with Gasteiger partial charge in [-0.25, -0.2) is 9.97 Å². The number of hydrogen-bond donors (Lipinski definition) is 0. The van der Waals surface area contributed by atoms with Crippen LogP contribution in [0.4, 0.5) is 0 Å². The molecule has 3 nitrogen and oxygen atoms in total. The first-order valence-corrected chi connectivity index (χ1v) is 5.65. The minimum Gasteiger partial charge on any atom is -0.265 e. The molecule has 0 amide bonds. The van der Waals surface area contributed by atoms with Crippen LogP contribution in [0.15, 0.2) is 30.6 Å². The maximum absolute atomic E-state index is 6.01. The second-order valence-corrected chi connectivity index (χ2v) is 4.34. The lowest BCUT2D eigenvalue weighted by atomic mass is 10.2. The average molecular weight is 232 g/mol. The van der Waals surface area contributed by atoms with E-state index in [0.717, 1.165) is 11.3 Å². The van der Waals surface area contributed by atoms with Gasteiger partial charge in [0.1, 0.15) is 5.15 Å². The summed E-state index contributed by atoms with van der Waals surface area (Å²) in [7, 11) is 0. The molecule has 0 atom stereocenters. The molecule has 2 aromatic rings. The number of halogens is 1. The molecule has 1 fully saturated rings. The number of nitrogens with zero attached hydrogens (tertiary/aromatic N) is 3. The topological polar surface area (TPSA) is 38.7 Å². The highest BCUT2D eigenvalue weighted by molar-refractivity contribution is 6.29. The summed E-state index contributed by atoms with van der Waals surface area (Å²) in [5, 5.41) is 0.517. The predicted octanol–water partition coefficient (Wildman–Crippen LogP) is 3.07. The Balaban J connectivity index is 2.06. The van der Waals surface area contributed by atoms with Crippen molar-refractivity contribution >= 4 is 11.6 Å². The van der Waals surface area contributed by atoms with Crippen LogP contribution in [0.1, 0.15) is 24.5 Å². The third-order valence-electron chi connectivity index (χ3n) is 2.65. The first kappa shape index (κ1) is 9.73. The fraction of sp³-hybridized carbons (Fsp3) is 0.250. The first-order chi connectivity index (χ1) is 7.83. The van der Waals surface area contributed by atoms with E-state index in [1.54, 1.807) is 12.4 Å². The highest BCUT2D eigenvalue weighted by atomic mass is 35.5. The quantitative estimate of drug-likeness (QED) is 0.746. The standard InChI is InChI=1S/C12H10ClN3/c13-11-7-10(8-1-2-8)15-12(16-11)9-3-5-14-6-4-9/h3-8H,1-2H2. The molecule has 0 unspecified atom stereocenters. The van der Waals surface area contributed by atoms with Gasteiger partial charge < -0.3 is 0 Å². The van der Waals surface area contributed by atoms with Crippen molar-refractivity contribution in [3.63, 3.8) is 0 Å². The lowest BCUT2D eigenvalue weighted by Crippen LogP contribution is -1.94. The summed E-state index contributed by atoms with van der Waals surface area (Å²) in [5.41, 5.74) is 2.02. The van der Waals surface area contributed by atoms with Gasteiger partial charge in [0.2, 0.25) is 0 Å². The Kier molecular flexibility index (Phi) is 2.33. The van der Waals surface area contributed by atoms with Gasteiger partial charge in [0.15, 0.2) is 5.82 Å². The molecule has 0 aromatic carbocycles. The number of rotatable bonds is 2. The molecule has 1 saturated carbocycles. The SMILES string of the molecule is Clc1cc(C2CC2)nc(-c2ccncc2)n1. The lowest BCUT2D eigenvalue weighted by Gasteiger charge is -2.03. The second-order valence-electron chi connectivity index (χ2n) is 3.95. The molecule has 0 bridgehead atoms. The summed E-state index contributed by atoms with van der Waals surface area (Å²) in [4.78, 5) is 12.8. The van der Waals surface area contributed by atoms with Crippen molar-refractivity contribution in [3.8, 4) is 11.4 Å². The zero-order valence-electron chi connectivity index (χ0n) is 8.60. The molecule has 80 valence electrons. The summed E-state index contributed by atoms with van der Waals surface area (Å²) < 4.78 is 0. The van der Waals surface area contributed by atoms with Gasteiger partial charge in [0.25, 0.3) is 0 Å². The van der Waals surface area contributed by atoms with E-state index in [2.05, 4.69) is 15.0 Å². The van der Waals surface area contributed by atoms with Gasteiger partial charge >= 0.3 is 0 Å². The van der Waals surface area contributed by atoms with Gasteiger partial charge in [-0.15, -0.1) is 0 Å². The maximum atomic E-state index is 6.01. The van der Waals surface area contributed by atoms with E-state index < -0.39 is 0 Å². The molecule has 3 rings (SSSR count). The Morgan fingerprint density at radius 2 is 1.88 bits per heavy atom. The number of aromatic nitrogens is 3. The van der Waals surface area contributed by atoms with E-state index in [1.807, 2.05) is 18.2 Å². The van der Waals surface area contributed by atoms with Gasteiger partial charge in [-0.2, -0.15) is 0 Å². The number of hydrogen-bond acceptors (Lipinski definition) is 3. The predicted molar refractivity (Wildman–Crippen MR) is 62.2 cm³/mol. The molecule has 0 saturated heterocycles. The van der Waals surface area contributed by atoms with E-state index in [-0.39, 0.29) is 0 Å². The van der Waals surface area contributed by atoms with E-state index in [4.69, 9.17) is 11.6 Å². The molecular formula is C12H10ClN3. The Labute approximate surface area is 98.5 Å². The zero-order chi connectivity index (χ0) is 11.0. The Bertz CT molecular complexity index is 509. The van der Waals surface area contributed by atoms with Gasteiger partial charge in [-0.3, -0.25) is 4.98 Å². The van der Waals surface area contributed by atoms with Crippen molar-refractivity contribution in [2.24, 2.45) is 0 Å². The summed E-state index contributed by atoms with van der Waals surface area (Å²) in [6, 6.07) is 5.65. The molecule has 0 aliphatic heterocycles. The van der Waals surface area contributed by atoms with E-state index >= 15 is 0 Å². The molecule has 0 N–H and O–H groups in total. The Morgan fingerprint density at radius 1 is 1.12 bits per heavy atom. The van der Waals surface area contributed by atoms with Gasteiger partial charge in [-0.1, -0.05) is 11.6 Å². The van der Waals surface area contributed by atoms with E-state index in [9.17, 15) is 0 Å². The summed E-state index contributed by atoms with van der Waals surface area (Å²) in [6.07, 6.45) is 5.89. The van der Waals surface area contributed by atoms with Crippen LogP contribution >= 0.6 is 11.6 Å². The van der Waals surface area contributed by atoms with Crippen molar-refractivity contribution in [3.05, 3.63) is 41.4 Å². The van der Waals surface area contributed by atoms with Crippen LogP contribution in [0.3, 0.4) is 0 Å². The van der Waals surface area contributed by atoms with Gasteiger partial charge in [0.05, 0.1) is 0 Å². The third-order valence-corrected chi connectivity index (χ3v) is 2.84. The molecule has 4 heteroatoms. The van der Waals surface area contributed by atoms with Crippen LogP contribution < -0.4 is 0 Å². The summed E-state index contributed by atoms with van der Waals surface area (Å²) in [6.45, 7) is 0. The molecule has 1 aliphatic carbocycles. The van der Waals surface area contributed by atoms with Crippen LogP contribution in [-0.4, -0.2) is 15.0 Å². The molecule has 0 radical (unpaired) electrons. The molecule has 16 heavy (non-hydrogen) atoms. The Morgan fingerprint density at radius 3 is 2.56 bits per heavy atom. The molecular weight excluding hydrogens is 222 g/mol. The second kappa shape index (κ2) is 3.83. The van der Waals surface area contributed by atoms with Crippen LogP contribution in [-0.2, 0) is 0 Å². The fourth-order valence-corrected chi connectivity index (χ4v) is 1.85. The zero-order valence-corrected chi connectivity index (χ0v) is 9.35. The van der Waals surface area contributed by atoms with Crippen LogP contribution in [0.25, 0.3) is 11.4 Å². The summed E-state index contributed by atoms with van der Waals surface area (Å²) in [5.74, 6) is 1.28. The molecule has 1 aliphatic rings. The van der Waals surface area contributed by atoms with Crippen molar-refractivity contribution in [1.29, 1.82) is 0 Å². The van der Waals surface area contributed by atoms with E-state index in [1.165, 1.54) is 12.8 Å². The van der Waals surface area contributed by atoms with Crippen molar-refractivity contribution < 1.29 is 0 Å². The van der Waals surface area contributed by atoms with Crippen molar-refractivity contribution in [2.75, 3.05) is 0 Å². The molecule has 2 aromatic heterocycles. The monoisotopic (exact) mass is 231 g/mol. The molecule has 2 heterocycles. The maximum Gasteiger partial charge on any atom is 0.161 e. The van der Waals surface area contributed by atoms with Crippen molar-refractivity contribution in [2.45, 2.75) is 18.8 Å². The smallest absolute Gasteiger partial charge is 0.161 e. The van der Waals surface area contributed by atoms with Crippen LogP contribution in [0.2, 0.25) is 5.15 Å². The largest absolute Gasteiger partial charge is 0.265 e. The molecule has 0 spiro atoms. The first-order valence-electron chi connectivity index (χ1n) is 5.28. The lowest BCUT2D eigenvalue weighted by molar-refractivity contribution is 0.993. The van der Waals surface area contributed by atoms with Crippen LogP contribution in [0, 0.1) is 0 Å². The third kappa shape index (κ3) is 1.91. The average Bonchev–Trinajstić information content (AvgIpc) is 3.13. The Hall–Kier alpha value is -1.48. The van der Waals surface area contributed by atoms with Gasteiger partial charge in [0, 0.05) is 29.6 Å². The minimum atomic E-state index is 0.517. The number of pyridine rings is 1. The van der Waals surface area contributed by atoms with E-state index in [0.29, 0.717) is 16.9 Å². The normalized spacial score (nSPS) is 15.1. The van der Waals surface area contributed by atoms with Crippen molar-refractivity contribution in [1.82, 2.24) is 15.0 Å².